The molecule has 34 heavy (non-hydrogen) atoms. The third-order valence-corrected chi connectivity index (χ3v) is 6.51. The fourth-order valence-electron chi connectivity index (χ4n) is 4.51. The first-order valence-electron chi connectivity index (χ1n) is 11.3. The summed E-state index contributed by atoms with van der Waals surface area (Å²) in [5.41, 5.74) is 0.0536. The number of ether oxygens (including phenoxy) is 2. The molecule has 0 bridgehead atoms. The summed E-state index contributed by atoms with van der Waals surface area (Å²) in [6.07, 6.45) is 0.959. The summed E-state index contributed by atoms with van der Waals surface area (Å²) in [5.74, 6) is -2.75. The number of carbonyl (C=O) groups excluding carboxylic acids is 2. The molecule has 0 saturated carbocycles. The maximum absolute atomic E-state index is 13.7. The molecule has 184 valence electrons. The maximum Gasteiger partial charge on any atom is 0.411 e. The van der Waals surface area contributed by atoms with E-state index in [-0.39, 0.29) is 25.4 Å². The zero-order chi connectivity index (χ0) is 25.1. The molecule has 1 fully saturated rings. The van der Waals surface area contributed by atoms with Crippen LogP contribution in [-0.4, -0.2) is 44.2 Å². The molecule has 1 aromatic heterocycles. The van der Waals surface area contributed by atoms with Crippen molar-refractivity contribution in [3.63, 3.8) is 0 Å². The summed E-state index contributed by atoms with van der Waals surface area (Å²) in [6, 6.07) is 8.28. The van der Waals surface area contributed by atoms with Gasteiger partial charge < -0.3 is 14.6 Å². The molecule has 1 saturated heterocycles. The van der Waals surface area contributed by atoms with E-state index < -0.39 is 41.1 Å². The van der Waals surface area contributed by atoms with Gasteiger partial charge in [-0.3, -0.25) is 14.7 Å². The molecule has 2 heterocycles. The average molecular weight is 489 g/mol. The minimum Gasteiger partial charge on any atom is -0.481 e. The Balaban J connectivity index is 2.10. The van der Waals surface area contributed by atoms with Crippen LogP contribution in [0.1, 0.15) is 63.9 Å². The Hall–Kier alpha value is -2.94. The third-order valence-electron chi connectivity index (χ3n) is 5.66. The predicted octanol–water partition coefficient (Wildman–Crippen LogP) is 5.05. The molecule has 3 atom stereocenters. The predicted molar refractivity (Wildman–Crippen MR) is 127 cm³/mol. The van der Waals surface area contributed by atoms with Gasteiger partial charge in [0.15, 0.2) is 0 Å². The molecule has 0 unspecified atom stereocenters. The highest BCUT2D eigenvalue weighted by Crippen LogP contribution is 2.51. The van der Waals surface area contributed by atoms with Crippen molar-refractivity contribution in [2.24, 2.45) is 11.8 Å². The minimum atomic E-state index is -1.49. The van der Waals surface area contributed by atoms with Gasteiger partial charge in [-0.15, -0.1) is 11.3 Å². The molecular formula is C25H32N2O6S. The molecule has 2 aromatic rings. The first-order valence-corrected chi connectivity index (χ1v) is 12.2. The van der Waals surface area contributed by atoms with E-state index in [1.54, 1.807) is 32.5 Å². The highest BCUT2D eigenvalue weighted by molar-refractivity contribution is 7.09. The number of amides is 1. The van der Waals surface area contributed by atoms with E-state index >= 15 is 0 Å². The lowest BCUT2D eigenvalue weighted by molar-refractivity contribution is -0.169. The number of esters is 1. The lowest BCUT2D eigenvalue weighted by Crippen LogP contribution is -2.56. The lowest BCUT2D eigenvalue weighted by Gasteiger charge is -2.40. The van der Waals surface area contributed by atoms with Gasteiger partial charge in [0.05, 0.1) is 17.5 Å². The van der Waals surface area contributed by atoms with E-state index in [0.29, 0.717) is 4.88 Å². The SMILES string of the molecule is CC(C)C[C@@]1(C(=O)OC(C)(C)C)C[C@H](C(=O)O)[C@H](c2cncs2)N1C(=O)OCc1ccccc1. The number of carboxylic acids is 1. The molecule has 3 rings (SSSR count). The van der Waals surface area contributed by atoms with Gasteiger partial charge in [-0.1, -0.05) is 44.2 Å². The summed E-state index contributed by atoms with van der Waals surface area (Å²) in [4.78, 5) is 45.7. The van der Waals surface area contributed by atoms with Gasteiger partial charge in [0.25, 0.3) is 0 Å². The summed E-state index contributed by atoms with van der Waals surface area (Å²) in [7, 11) is 0. The number of carboxylic acid groups (broad SMARTS) is 1. The minimum absolute atomic E-state index is 0.00456. The van der Waals surface area contributed by atoms with E-state index in [4.69, 9.17) is 9.47 Å². The number of carbonyl (C=O) groups is 3. The highest BCUT2D eigenvalue weighted by atomic mass is 32.1. The summed E-state index contributed by atoms with van der Waals surface area (Å²) >= 11 is 1.25. The average Bonchev–Trinajstić information content (AvgIpc) is 3.38. The highest BCUT2D eigenvalue weighted by Gasteiger charge is 2.62. The molecule has 1 aromatic carbocycles. The van der Waals surface area contributed by atoms with Crippen molar-refractivity contribution in [1.29, 1.82) is 0 Å². The fraction of sp³-hybridized carbons (Fsp3) is 0.520. The van der Waals surface area contributed by atoms with Gasteiger partial charge >= 0.3 is 18.0 Å². The lowest BCUT2D eigenvalue weighted by atomic mass is 9.83. The van der Waals surface area contributed by atoms with E-state index in [1.165, 1.54) is 16.2 Å². The van der Waals surface area contributed by atoms with Gasteiger partial charge in [0.1, 0.15) is 17.7 Å². The second kappa shape index (κ2) is 10.1. The molecule has 1 aliphatic rings. The van der Waals surface area contributed by atoms with Gasteiger partial charge in [-0.05, 0) is 45.1 Å². The first-order chi connectivity index (χ1) is 15.9. The van der Waals surface area contributed by atoms with Gasteiger partial charge in [0, 0.05) is 11.1 Å². The summed E-state index contributed by atoms with van der Waals surface area (Å²) < 4.78 is 11.4. The molecule has 9 heteroatoms. The van der Waals surface area contributed by atoms with Crippen molar-refractivity contribution in [1.82, 2.24) is 9.88 Å². The molecule has 0 radical (unpaired) electrons. The van der Waals surface area contributed by atoms with Crippen LogP contribution in [0.4, 0.5) is 4.79 Å². The zero-order valence-electron chi connectivity index (χ0n) is 20.2. The topological polar surface area (TPSA) is 106 Å². The number of aliphatic carboxylic acids is 1. The smallest absolute Gasteiger partial charge is 0.411 e. The molecule has 1 N–H and O–H groups in total. The molecule has 0 spiro atoms. The van der Waals surface area contributed by atoms with Crippen LogP contribution < -0.4 is 0 Å². The largest absolute Gasteiger partial charge is 0.481 e. The van der Waals surface area contributed by atoms with Crippen LogP contribution in [0, 0.1) is 11.8 Å². The number of hydrogen-bond acceptors (Lipinski definition) is 7. The number of thiazole rings is 1. The molecule has 8 nitrogen and oxygen atoms in total. The number of hydrogen-bond donors (Lipinski definition) is 1. The van der Waals surface area contributed by atoms with Crippen LogP contribution in [-0.2, 0) is 25.7 Å². The fourth-order valence-corrected chi connectivity index (χ4v) is 5.29. The molecule has 0 aliphatic carbocycles. The quantitative estimate of drug-likeness (QED) is 0.543. The van der Waals surface area contributed by atoms with Gasteiger partial charge in [-0.25, -0.2) is 9.59 Å². The van der Waals surface area contributed by atoms with E-state index in [1.807, 2.05) is 44.2 Å². The number of benzene rings is 1. The number of likely N-dealkylation sites (tertiary alicyclic amines) is 1. The molecule has 1 aliphatic heterocycles. The standard InChI is InChI=1S/C25H32N2O6S/c1-16(2)11-25(22(30)33-24(3,4)5)12-18(21(28)29)20(19-13-26-15-34-19)27(25)23(31)32-14-17-9-7-6-8-10-17/h6-10,13,15-16,18,20H,11-12,14H2,1-5H3,(H,28,29)/t18-,20+,25-/m0/s1. The Kier molecular flexibility index (Phi) is 7.65. The Labute approximate surface area is 203 Å². The Morgan fingerprint density at radius 1 is 1.24 bits per heavy atom. The van der Waals surface area contributed by atoms with Crippen molar-refractivity contribution < 1.29 is 29.0 Å². The van der Waals surface area contributed by atoms with E-state index in [9.17, 15) is 19.5 Å². The van der Waals surface area contributed by atoms with E-state index in [0.717, 1.165) is 5.56 Å². The van der Waals surface area contributed by atoms with Crippen LogP contribution in [0.25, 0.3) is 0 Å². The molecule has 1 amide bonds. The number of rotatable bonds is 7. The third kappa shape index (κ3) is 5.58. The number of aromatic nitrogens is 1. The normalized spacial score (nSPS) is 22.6. The van der Waals surface area contributed by atoms with Gasteiger partial charge in [0.2, 0.25) is 0 Å². The van der Waals surface area contributed by atoms with Crippen molar-refractivity contribution in [3.05, 3.63) is 52.5 Å². The van der Waals surface area contributed by atoms with Crippen LogP contribution >= 0.6 is 11.3 Å². The first kappa shape index (κ1) is 25.7. The van der Waals surface area contributed by atoms with Crippen LogP contribution in [0.5, 0.6) is 0 Å². The Morgan fingerprint density at radius 2 is 1.91 bits per heavy atom. The molecular weight excluding hydrogens is 456 g/mol. The number of nitrogens with zero attached hydrogens (tertiary/aromatic N) is 2. The second-order valence-corrected chi connectivity index (χ2v) is 11.0. The maximum atomic E-state index is 13.7. The summed E-state index contributed by atoms with van der Waals surface area (Å²) in [6.45, 7) is 9.09. The van der Waals surface area contributed by atoms with Crippen molar-refractivity contribution in [3.8, 4) is 0 Å². The Morgan fingerprint density at radius 3 is 2.44 bits per heavy atom. The zero-order valence-corrected chi connectivity index (χ0v) is 21.0. The summed E-state index contributed by atoms with van der Waals surface area (Å²) in [5, 5.41) is 10.1. The van der Waals surface area contributed by atoms with Crippen molar-refractivity contribution in [2.45, 2.75) is 71.2 Å². The monoisotopic (exact) mass is 488 g/mol. The van der Waals surface area contributed by atoms with Crippen molar-refractivity contribution >= 4 is 29.4 Å². The van der Waals surface area contributed by atoms with Crippen LogP contribution in [0.3, 0.4) is 0 Å². The van der Waals surface area contributed by atoms with E-state index in [2.05, 4.69) is 4.98 Å². The second-order valence-electron chi connectivity index (χ2n) is 10.0. The van der Waals surface area contributed by atoms with Crippen LogP contribution in [0.2, 0.25) is 0 Å². The van der Waals surface area contributed by atoms with Crippen molar-refractivity contribution in [2.75, 3.05) is 0 Å². The van der Waals surface area contributed by atoms with Crippen LogP contribution in [0.15, 0.2) is 42.0 Å². The van der Waals surface area contributed by atoms with Gasteiger partial charge in [-0.2, -0.15) is 0 Å². The Bertz CT molecular complexity index is 1000.